The van der Waals surface area contributed by atoms with Crippen molar-refractivity contribution in [2.24, 2.45) is 5.41 Å². The summed E-state index contributed by atoms with van der Waals surface area (Å²) in [7, 11) is 3.74. The first-order chi connectivity index (χ1) is 20.1. The summed E-state index contributed by atoms with van der Waals surface area (Å²) in [4.78, 5) is 46.2. The molecule has 0 bridgehead atoms. The predicted octanol–water partition coefficient (Wildman–Crippen LogP) is 4.59. The average molecular weight is 586 g/mol. The number of nitrogens with one attached hydrogen (secondary N) is 2. The summed E-state index contributed by atoms with van der Waals surface area (Å²) in [5.74, 6) is -0.233. The number of pyridine rings is 1. The number of hydrogen-bond acceptors (Lipinski definition) is 10. The highest BCUT2D eigenvalue weighted by molar-refractivity contribution is 7.22. The fraction of sp³-hybridized carbons (Fsp3) is 0.345. The first kappa shape index (κ1) is 28.7. The molecule has 4 aromatic rings. The smallest absolute Gasteiger partial charge is 0.321 e. The Hall–Kier alpha value is -4.83. The van der Waals surface area contributed by atoms with E-state index in [1.807, 2.05) is 43.0 Å². The Labute approximate surface area is 247 Å². The second-order valence-corrected chi connectivity index (χ2v) is 11.6. The van der Waals surface area contributed by atoms with E-state index in [2.05, 4.69) is 36.6 Å². The minimum Gasteiger partial charge on any atom is -0.481 e. The van der Waals surface area contributed by atoms with Gasteiger partial charge in [-0.05, 0) is 50.5 Å². The Balaban J connectivity index is 1.56. The Morgan fingerprint density at radius 2 is 1.88 bits per heavy atom. The first-order valence-corrected chi connectivity index (χ1v) is 14.3. The summed E-state index contributed by atoms with van der Waals surface area (Å²) >= 11 is 1.31. The van der Waals surface area contributed by atoms with Gasteiger partial charge in [0, 0.05) is 63.4 Å². The van der Waals surface area contributed by atoms with Crippen LogP contribution in [0.4, 0.5) is 21.6 Å². The lowest BCUT2D eigenvalue weighted by Crippen LogP contribution is -2.43. The van der Waals surface area contributed by atoms with E-state index in [1.165, 1.54) is 11.3 Å². The number of nitriles is 1. The van der Waals surface area contributed by atoms with Crippen molar-refractivity contribution in [3.63, 3.8) is 0 Å². The van der Waals surface area contributed by atoms with Crippen LogP contribution in [-0.2, 0) is 4.79 Å². The summed E-state index contributed by atoms with van der Waals surface area (Å²) in [6, 6.07) is 7.60. The SMILES string of the molecule is CCNC(=O)Nc1nc2cc(-c3cnc(N4CCC(C)(C(=O)O)CC4)nc3)cc(-c3nccc(N(C)C)c3C#N)c2s1. The number of aliphatic carboxylic acids is 1. The number of nitrogens with zero attached hydrogens (tertiary/aromatic N) is 7. The molecule has 42 heavy (non-hydrogen) atoms. The Bertz CT molecular complexity index is 1690. The van der Waals surface area contributed by atoms with Gasteiger partial charge < -0.3 is 20.2 Å². The van der Waals surface area contributed by atoms with Crippen molar-refractivity contribution >= 4 is 50.3 Å². The second-order valence-electron chi connectivity index (χ2n) is 10.6. The first-order valence-electron chi connectivity index (χ1n) is 13.5. The highest BCUT2D eigenvalue weighted by atomic mass is 32.1. The molecule has 0 radical (unpaired) electrons. The number of amides is 2. The molecule has 12 nitrogen and oxygen atoms in total. The monoisotopic (exact) mass is 585 g/mol. The van der Waals surface area contributed by atoms with Gasteiger partial charge in [0.1, 0.15) is 11.6 Å². The van der Waals surface area contributed by atoms with Crippen LogP contribution >= 0.6 is 11.3 Å². The van der Waals surface area contributed by atoms with Crippen molar-refractivity contribution in [2.45, 2.75) is 26.7 Å². The van der Waals surface area contributed by atoms with Crippen LogP contribution in [0.5, 0.6) is 0 Å². The number of carboxylic acid groups (broad SMARTS) is 1. The number of aromatic nitrogens is 4. The third-order valence-electron chi connectivity index (χ3n) is 7.46. The van der Waals surface area contributed by atoms with E-state index in [0.29, 0.717) is 65.9 Å². The van der Waals surface area contributed by atoms with Gasteiger partial charge in [0.2, 0.25) is 5.95 Å². The van der Waals surface area contributed by atoms with Crippen LogP contribution in [0, 0.1) is 16.7 Å². The Morgan fingerprint density at radius 3 is 2.50 bits per heavy atom. The maximum absolute atomic E-state index is 12.2. The molecule has 0 spiro atoms. The molecule has 1 aliphatic rings. The van der Waals surface area contributed by atoms with Crippen LogP contribution in [0.25, 0.3) is 32.6 Å². The minimum absolute atomic E-state index is 0.353. The number of urea groups is 1. The van der Waals surface area contributed by atoms with Crippen molar-refractivity contribution < 1.29 is 14.7 Å². The molecular weight excluding hydrogens is 554 g/mol. The Kier molecular flexibility index (Phi) is 7.91. The van der Waals surface area contributed by atoms with Crippen LogP contribution in [0.15, 0.2) is 36.8 Å². The van der Waals surface area contributed by atoms with Crippen LogP contribution in [0.3, 0.4) is 0 Å². The van der Waals surface area contributed by atoms with Gasteiger partial charge in [0.25, 0.3) is 0 Å². The molecular formula is C29H31N9O3S. The number of benzene rings is 1. The zero-order valence-corrected chi connectivity index (χ0v) is 24.6. The van der Waals surface area contributed by atoms with Crippen LogP contribution in [-0.4, -0.2) is 70.8 Å². The van der Waals surface area contributed by atoms with Crippen molar-refractivity contribution in [3.8, 4) is 28.5 Å². The molecule has 0 saturated carbocycles. The number of fused-ring (bicyclic) bond motifs is 1. The summed E-state index contributed by atoms with van der Waals surface area (Å²) in [6.45, 7) is 5.21. The lowest BCUT2D eigenvalue weighted by atomic mass is 9.80. The Morgan fingerprint density at radius 1 is 1.17 bits per heavy atom. The zero-order chi connectivity index (χ0) is 30.0. The van der Waals surface area contributed by atoms with Gasteiger partial charge in [-0.3, -0.25) is 15.1 Å². The molecule has 0 unspecified atom stereocenters. The van der Waals surface area contributed by atoms with E-state index in [-0.39, 0.29) is 6.03 Å². The van der Waals surface area contributed by atoms with Gasteiger partial charge in [0.15, 0.2) is 5.13 Å². The highest BCUT2D eigenvalue weighted by Crippen LogP contribution is 2.40. The minimum atomic E-state index is -0.777. The van der Waals surface area contributed by atoms with Gasteiger partial charge in [0.05, 0.1) is 27.0 Å². The molecule has 1 aromatic carbocycles. The number of carbonyl (C=O) groups excluding carboxylic acids is 1. The number of hydrogen-bond donors (Lipinski definition) is 3. The van der Waals surface area contributed by atoms with Crippen LogP contribution < -0.4 is 20.4 Å². The van der Waals surface area contributed by atoms with E-state index in [1.54, 1.807) is 31.6 Å². The molecule has 3 aromatic heterocycles. The molecule has 3 N–H and O–H groups in total. The average Bonchev–Trinajstić information content (AvgIpc) is 3.39. The molecule has 1 saturated heterocycles. The standard InChI is InChI=1S/C29H31N9O3S/c1-5-31-27(41)36-28-35-21-13-17(12-19(24(21)42-28)23-20(14-30)22(37(3)4)6-9-32-23)18-15-33-26(34-16-18)38-10-7-29(2,8-11-38)25(39)40/h6,9,12-13,15-16H,5,7-8,10-11H2,1-4H3,(H,39,40)(H2,31,35,36,41). The third kappa shape index (κ3) is 5.53. The third-order valence-corrected chi connectivity index (χ3v) is 8.48. The zero-order valence-electron chi connectivity index (χ0n) is 23.8. The van der Waals surface area contributed by atoms with Gasteiger partial charge in [-0.1, -0.05) is 11.3 Å². The molecule has 0 atom stereocenters. The van der Waals surface area contributed by atoms with Crippen molar-refractivity contribution in [1.29, 1.82) is 5.26 Å². The van der Waals surface area contributed by atoms with E-state index in [0.717, 1.165) is 21.5 Å². The molecule has 1 fully saturated rings. The summed E-state index contributed by atoms with van der Waals surface area (Å²) < 4.78 is 0.776. The summed E-state index contributed by atoms with van der Waals surface area (Å²) in [5, 5.41) is 25.6. The highest BCUT2D eigenvalue weighted by Gasteiger charge is 2.37. The number of carboxylic acids is 1. The topological polar surface area (TPSA) is 160 Å². The van der Waals surface area contributed by atoms with Gasteiger partial charge in [-0.2, -0.15) is 5.26 Å². The summed E-state index contributed by atoms with van der Waals surface area (Å²) in [5.41, 5.74) is 3.79. The molecule has 2 amide bonds. The van der Waals surface area contributed by atoms with Crippen molar-refractivity contribution in [3.05, 3.63) is 42.4 Å². The molecule has 5 rings (SSSR count). The molecule has 4 heterocycles. The predicted molar refractivity (Wildman–Crippen MR) is 163 cm³/mol. The lowest BCUT2D eigenvalue weighted by Gasteiger charge is -2.36. The largest absolute Gasteiger partial charge is 0.481 e. The number of carbonyl (C=O) groups is 2. The van der Waals surface area contributed by atoms with Gasteiger partial charge in [-0.25, -0.2) is 19.7 Å². The van der Waals surface area contributed by atoms with Crippen LogP contribution in [0.2, 0.25) is 0 Å². The number of piperidine rings is 1. The second kappa shape index (κ2) is 11.6. The van der Waals surface area contributed by atoms with E-state index in [4.69, 9.17) is 0 Å². The van der Waals surface area contributed by atoms with E-state index < -0.39 is 11.4 Å². The molecule has 0 aliphatic carbocycles. The molecule has 1 aliphatic heterocycles. The van der Waals surface area contributed by atoms with Gasteiger partial charge >= 0.3 is 12.0 Å². The van der Waals surface area contributed by atoms with Crippen molar-refractivity contribution in [2.75, 3.05) is 48.8 Å². The summed E-state index contributed by atoms with van der Waals surface area (Å²) in [6.07, 6.45) is 6.17. The maximum atomic E-state index is 12.2. The quantitative estimate of drug-likeness (QED) is 0.280. The normalized spacial score (nSPS) is 14.3. The maximum Gasteiger partial charge on any atom is 0.321 e. The van der Waals surface area contributed by atoms with Crippen LogP contribution in [0.1, 0.15) is 32.3 Å². The van der Waals surface area contributed by atoms with E-state index >= 15 is 0 Å². The lowest BCUT2D eigenvalue weighted by molar-refractivity contribution is -0.149. The van der Waals surface area contributed by atoms with Crippen molar-refractivity contribution in [1.82, 2.24) is 25.3 Å². The molecule has 13 heteroatoms. The molecule has 216 valence electrons. The number of thiazole rings is 1. The fourth-order valence-electron chi connectivity index (χ4n) is 4.92. The number of anilines is 3. The van der Waals surface area contributed by atoms with E-state index in [9.17, 15) is 20.0 Å². The van der Waals surface area contributed by atoms with Gasteiger partial charge in [-0.15, -0.1) is 0 Å². The fourth-order valence-corrected chi connectivity index (χ4v) is 5.87. The number of rotatable bonds is 7.